The monoisotopic (exact) mass is 486 g/mol. The van der Waals surface area contributed by atoms with E-state index >= 15 is 4.39 Å². The van der Waals surface area contributed by atoms with Gasteiger partial charge in [0, 0.05) is 68.4 Å². The number of hydrogen-bond donors (Lipinski definition) is 1. The van der Waals surface area contributed by atoms with Crippen molar-refractivity contribution in [3.8, 4) is 5.69 Å². The maximum atomic E-state index is 15.2. The Bertz CT molecular complexity index is 1480. The number of aromatic nitrogens is 2. The number of carboxylic acids is 1. The van der Waals surface area contributed by atoms with Crippen molar-refractivity contribution in [1.82, 2.24) is 14.0 Å². The van der Waals surface area contributed by atoms with Crippen LogP contribution in [0.4, 0.5) is 10.1 Å². The minimum atomic E-state index is -1.28. The van der Waals surface area contributed by atoms with Crippen LogP contribution in [0.2, 0.25) is 0 Å². The van der Waals surface area contributed by atoms with Crippen molar-refractivity contribution in [1.29, 1.82) is 0 Å². The van der Waals surface area contributed by atoms with Gasteiger partial charge in [0.1, 0.15) is 11.4 Å². The van der Waals surface area contributed by atoms with E-state index in [4.69, 9.17) is 0 Å². The Hall–Kier alpha value is -3.91. The molecular formula is C28H27FN4O3. The molecule has 2 aromatic heterocycles. The fourth-order valence-corrected chi connectivity index (χ4v) is 5.09. The van der Waals surface area contributed by atoms with Crippen molar-refractivity contribution >= 4 is 22.6 Å². The molecule has 7 nitrogen and oxygen atoms in total. The molecule has 3 heterocycles. The number of nitrogens with zero attached hydrogens (tertiary/aromatic N) is 4. The van der Waals surface area contributed by atoms with Gasteiger partial charge in [0.25, 0.3) is 0 Å². The van der Waals surface area contributed by atoms with Crippen molar-refractivity contribution in [2.75, 3.05) is 31.1 Å². The summed E-state index contributed by atoms with van der Waals surface area (Å²) in [5, 5.41) is 9.58. The first-order chi connectivity index (χ1) is 17.5. The lowest BCUT2D eigenvalue weighted by Crippen LogP contribution is -2.46. The normalized spacial score (nSPS) is 16.5. The van der Waals surface area contributed by atoms with Gasteiger partial charge >= 0.3 is 5.97 Å². The van der Waals surface area contributed by atoms with Gasteiger partial charge in [-0.05, 0) is 54.8 Å². The first-order valence-electron chi connectivity index (χ1n) is 12.3. The number of anilines is 1. The van der Waals surface area contributed by atoms with E-state index < -0.39 is 17.2 Å². The average molecular weight is 487 g/mol. The maximum absolute atomic E-state index is 15.2. The number of carbonyl (C=O) groups is 1. The number of hydrogen-bond acceptors (Lipinski definition) is 4. The lowest BCUT2D eigenvalue weighted by atomic mass is 10.1. The molecule has 0 amide bonds. The Morgan fingerprint density at radius 2 is 1.69 bits per heavy atom. The number of halogens is 1. The number of pyridine rings is 1. The van der Waals surface area contributed by atoms with Crippen molar-refractivity contribution in [2.45, 2.75) is 25.4 Å². The Balaban J connectivity index is 1.20. The summed E-state index contributed by atoms with van der Waals surface area (Å²) in [6.45, 7) is 3.77. The zero-order valence-corrected chi connectivity index (χ0v) is 19.8. The highest BCUT2D eigenvalue weighted by atomic mass is 19.1. The molecule has 0 spiro atoms. The summed E-state index contributed by atoms with van der Waals surface area (Å²) in [4.78, 5) is 28.7. The number of benzene rings is 2. The third-order valence-electron chi connectivity index (χ3n) is 7.23. The number of piperazine rings is 1. The van der Waals surface area contributed by atoms with Crippen LogP contribution in [0.5, 0.6) is 0 Å². The summed E-state index contributed by atoms with van der Waals surface area (Å²) >= 11 is 0. The summed E-state index contributed by atoms with van der Waals surface area (Å²) in [5.74, 6) is -1.77. The smallest absolute Gasteiger partial charge is 0.341 e. The molecule has 1 aliphatic carbocycles. The lowest BCUT2D eigenvalue weighted by molar-refractivity contribution is 0.0695. The van der Waals surface area contributed by atoms with Crippen molar-refractivity contribution in [3.05, 3.63) is 94.3 Å². The second kappa shape index (κ2) is 8.95. The molecule has 8 heteroatoms. The van der Waals surface area contributed by atoms with Crippen molar-refractivity contribution in [3.63, 3.8) is 0 Å². The van der Waals surface area contributed by atoms with Crippen LogP contribution in [0.3, 0.4) is 0 Å². The van der Waals surface area contributed by atoms with Crippen LogP contribution >= 0.6 is 0 Å². The molecule has 36 heavy (non-hydrogen) atoms. The summed E-state index contributed by atoms with van der Waals surface area (Å²) < 4.78 is 19.1. The summed E-state index contributed by atoms with van der Waals surface area (Å²) in [6, 6.07) is 15.6. The summed E-state index contributed by atoms with van der Waals surface area (Å²) in [7, 11) is 0. The van der Waals surface area contributed by atoms with Gasteiger partial charge < -0.3 is 19.1 Å². The zero-order chi connectivity index (χ0) is 24.8. The third kappa shape index (κ3) is 4.18. The molecule has 1 saturated heterocycles. The first-order valence-corrected chi connectivity index (χ1v) is 12.3. The molecule has 1 aliphatic heterocycles. The van der Waals surface area contributed by atoms with E-state index in [0.29, 0.717) is 24.3 Å². The van der Waals surface area contributed by atoms with Gasteiger partial charge in [-0.25, -0.2) is 9.18 Å². The maximum Gasteiger partial charge on any atom is 0.341 e. The van der Waals surface area contributed by atoms with Crippen LogP contribution in [0.1, 0.15) is 34.8 Å². The van der Waals surface area contributed by atoms with Gasteiger partial charge in [-0.3, -0.25) is 9.69 Å². The second-order valence-corrected chi connectivity index (χ2v) is 9.66. The van der Waals surface area contributed by atoms with E-state index in [1.54, 1.807) is 6.07 Å². The molecule has 4 aromatic rings. The predicted molar refractivity (Wildman–Crippen MR) is 137 cm³/mol. The minimum Gasteiger partial charge on any atom is -0.477 e. The van der Waals surface area contributed by atoms with E-state index in [0.717, 1.165) is 38.2 Å². The topological polar surface area (TPSA) is 70.7 Å². The van der Waals surface area contributed by atoms with Crippen molar-refractivity contribution < 1.29 is 14.3 Å². The average Bonchev–Trinajstić information content (AvgIpc) is 3.58. The standard InChI is InChI=1S/C28H27FN4O3/c29-24-15-22-25(33(21-7-8-21)18-23(27(22)34)28(35)36)16-26(24)32-13-11-30(12-14-32)17-19-3-5-20(6-4-19)31-9-1-2-10-31/h1-6,9-10,15-16,18,21H,7-8,11-14,17H2,(H,35,36). The Kier molecular flexibility index (Phi) is 5.60. The highest BCUT2D eigenvalue weighted by molar-refractivity contribution is 5.93. The van der Waals surface area contributed by atoms with E-state index in [1.165, 1.54) is 17.8 Å². The van der Waals surface area contributed by atoms with E-state index in [2.05, 4.69) is 33.7 Å². The van der Waals surface area contributed by atoms with Gasteiger partial charge in [-0.2, -0.15) is 0 Å². The minimum absolute atomic E-state index is 0.130. The van der Waals surface area contributed by atoms with E-state index in [9.17, 15) is 14.7 Å². The highest BCUT2D eigenvalue weighted by Crippen LogP contribution is 2.38. The second-order valence-electron chi connectivity index (χ2n) is 9.66. The molecule has 1 N–H and O–H groups in total. The zero-order valence-electron chi connectivity index (χ0n) is 19.8. The summed E-state index contributed by atoms with van der Waals surface area (Å²) in [6.07, 6.45) is 7.32. The van der Waals surface area contributed by atoms with Gasteiger partial charge in [0.15, 0.2) is 0 Å². The Labute approximate surface area is 207 Å². The van der Waals surface area contributed by atoms with Crippen LogP contribution in [-0.4, -0.2) is 51.3 Å². The molecule has 2 aromatic carbocycles. The fraction of sp³-hybridized carbons (Fsp3) is 0.286. The molecule has 0 radical (unpaired) electrons. The molecule has 184 valence electrons. The van der Waals surface area contributed by atoms with Crippen LogP contribution in [0.25, 0.3) is 16.6 Å². The molecule has 0 bridgehead atoms. The highest BCUT2D eigenvalue weighted by Gasteiger charge is 2.28. The molecule has 0 atom stereocenters. The van der Waals surface area contributed by atoms with Crippen LogP contribution in [0.15, 0.2) is 71.9 Å². The van der Waals surface area contributed by atoms with Gasteiger partial charge in [-0.15, -0.1) is 0 Å². The van der Waals surface area contributed by atoms with Gasteiger partial charge in [0.05, 0.1) is 11.2 Å². The number of carboxylic acid groups (broad SMARTS) is 1. The lowest BCUT2D eigenvalue weighted by Gasteiger charge is -2.36. The Morgan fingerprint density at radius 1 is 1.00 bits per heavy atom. The van der Waals surface area contributed by atoms with E-state index in [1.807, 2.05) is 34.0 Å². The SMILES string of the molecule is O=C(O)c1cn(C2CC2)c2cc(N3CCN(Cc4ccc(-n5cccc5)cc4)CC3)c(F)cc2c1=O. The van der Waals surface area contributed by atoms with Crippen LogP contribution < -0.4 is 10.3 Å². The van der Waals surface area contributed by atoms with Crippen molar-refractivity contribution in [2.24, 2.45) is 0 Å². The van der Waals surface area contributed by atoms with E-state index in [-0.39, 0.29) is 17.0 Å². The third-order valence-corrected chi connectivity index (χ3v) is 7.23. The largest absolute Gasteiger partial charge is 0.477 e. The first kappa shape index (κ1) is 22.5. The number of fused-ring (bicyclic) bond motifs is 1. The van der Waals surface area contributed by atoms with Gasteiger partial charge in [-0.1, -0.05) is 12.1 Å². The molecular weight excluding hydrogens is 459 g/mol. The van der Waals surface area contributed by atoms with Crippen LogP contribution in [0, 0.1) is 5.82 Å². The summed E-state index contributed by atoms with van der Waals surface area (Å²) in [5.41, 5.74) is 2.49. The molecule has 2 aliphatic rings. The molecule has 0 unspecified atom stereocenters. The fourth-order valence-electron chi connectivity index (χ4n) is 5.09. The number of aromatic carboxylic acids is 1. The van der Waals surface area contributed by atoms with Gasteiger partial charge in [0.2, 0.25) is 5.43 Å². The Morgan fingerprint density at radius 3 is 2.33 bits per heavy atom. The number of rotatable bonds is 6. The predicted octanol–water partition coefficient (Wildman–Crippen LogP) is 4.29. The molecule has 6 rings (SSSR count). The quantitative estimate of drug-likeness (QED) is 0.440. The van der Waals surface area contributed by atoms with Crippen LogP contribution in [-0.2, 0) is 6.54 Å². The molecule has 1 saturated carbocycles. The molecule has 2 fully saturated rings.